The number of ether oxygens (including phenoxy) is 2. The molecule has 0 spiro atoms. The first-order valence-electron chi connectivity index (χ1n) is 4.87. The number of hydrogen-bond acceptors (Lipinski definition) is 4. The van der Waals surface area contributed by atoms with Crippen molar-refractivity contribution in [2.24, 2.45) is 5.92 Å². The first-order chi connectivity index (χ1) is 6.52. The van der Waals surface area contributed by atoms with Crippen molar-refractivity contribution in [3.8, 4) is 0 Å². The molecule has 0 amide bonds. The van der Waals surface area contributed by atoms with Gasteiger partial charge in [0.15, 0.2) is 5.78 Å². The summed E-state index contributed by atoms with van der Waals surface area (Å²) >= 11 is 0. The second-order valence-corrected chi connectivity index (χ2v) is 3.78. The number of carbonyl (C=O) groups excluding carboxylic acids is 2. The van der Waals surface area contributed by atoms with Crippen LogP contribution in [0.3, 0.4) is 0 Å². The lowest BCUT2D eigenvalue weighted by Crippen LogP contribution is -2.33. The molecule has 1 heterocycles. The lowest BCUT2D eigenvalue weighted by molar-refractivity contribution is -0.157. The Bertz CT molecular complexity index is 234. The first-order valence-corrected chi connectivity index (χ1v) is 4.87. The fraction of sp³-hybridized carbons (Fsp3) is 0.800. The first kappa shape index (κ1) is 11.2. The predicted octanol–water partition coefficient (Wildman–Crippen LogP) is 0.932. The molecule has 0 aromatic rings. The van der Waals surface area contributed by atoms with Gasteiger partial charge in [-0.25, -0.2) is 0 Å². The van der Waals surface area contributed by atoms with Crippen molar-refractivity contribution >= 4 is 11.8 Å². The molecule has 1 aliphatic rings. The number of carbonyl (C=O) groups is 2. The fourth-order valence-electron chi connectivity index (χ4n) is 1.41. The maximum atomic E-state index is 11.4. The van der Waals surface area contributed by atoms with E-state index in [9.17, 15) is 9.59 Å². The Kier molecular flexibility index (Phi) is 3.63. The van der Waals surface area contributed by atoms with Gasteiger partial charge in [0, 0.05) is 6.42 Å². The minimum atomic E-state index is -0.596. The van der Waals surface area contributed by atoms with Crippen LogP contribution in [0.5, 0.6) is 0 Å². The molecule has 0 unspecified atom stereocenters. The normalized spacial score (nSPS) is 24.0. The minimum absolute atomic E-state index is 0.00166. The highest BCUT2D eigenvalue weighted by Crippen LogP contribution is 2.18. The monoisotopic (exact) mass is 200 g/mol. The Balaban J connectivity index is 2.51. The molecule has 0 aliphatic carbocycles. The zero-order valence-corrected chi connectivity index (χ0v) is 8.78. The molecule has 2 atom stereocenters. The Morgan fingerprint density at radius 3 is 2.57 bits per heavy atom. The maximum Gasteiger partial charge on any atom is 0.312 e. The highest BCUT2D eigenvalue weighted by Gasteiger charge is 2.35. The summed E-state index contributed by atoms with van der Waals surface area (Å²) in [4.78, 5) is 22.7. The molecule has 80 valence electrons. The summed E-state index contributed by atoms with van der Waals surface area (Å²) in [6, 6.07) is 0. The molecular formula is C10H16O4. The van der Waals surface area contributed by atoms with Gasteiger partial charge in [-0.2, -0.15) is 0 Å². The lowest BCUT2D eigenvalue weighted by atomic mass is 10.0. The van der Waals surface area contributed by atoms with Gasteiger partial charge in [-0.05, 0) is 20.8 Å². The summed E-state index contributed by atoms with van der Waals surface area (Å²) in [5.41, 5.74) is 0. The molecule has 1 fully saturated rings. The SMILES string of the molecule is CC(C)OC(=O)[C@H](C)[C@H]1OCCC1=O. The van der Waals surface area contributed by atoms with Crippen LogP contribution >= 0.6 is 0 Å². The summed E-state index contributed by atoms with van der Waals surface area (Å²) in [6.07, 6.45) is -0.341. The van der Waals surface area contributed by atoms with Crippen molar-refractivity contribution in [2.45, 2.75) is 39.4 Å². The van der Waals surface area contributed by atoms with Crippen LogP contribution in [-0.2, 0) is 19.1 Å². The van der Waals surface area contributed by atoms with Gasteiger partial charge in [-0.15, -0.1) is 0 Å². The lowest BCUT2D eigenvalue weighted by Gasteiger charge is -2.17. The fourth-order valence-corrected chi connectivity index (χ4v) is 1.41. The number of ketones is 1. The van der Waals surface area contributed by atoms with Crippen molar-refractivity contribution in [1.29, 1.82) is 0 Å². The summed E-state index contributed by atoms with van der Waals surface area (Å²) in [5, 5.41) is 0. The van der Waals surface area contributed by atoms with Gasteiger partial charge in [0.2, 0.25) is 0 Å². The highest BCUT2D eigenvalue weighted by atomic mass is 16.5. The molecular weight excluding hydrogens is 184 g/mol. The number of hydrogen-bond donors (Lipinski definition) is 0. The van der Waals surface area contributed by atoms with Crippen LogP contribution in [-0.4, -0.2) is 30.6 Å². The van der Waals surface area contributed by atoms with Gasteiger partial charge in [0.1, 0.15) is 6.10 Å². The van der Waals surface area contributed by atoms with Gasteiger partial charge in [0.05, 0.1) is 18.6 Å². The van der Waals surface area contributed by atoms with Crippen molar-refractivity contribution in [3.63, 3.8) is 0 Å². The van der Waals surface area contributed by atoms with Crippen LogP contribution in [0.4, 0.5) is 0 Å². The Morgan fingerprint density at radius 2 is 2.14 bits per heavy atom. The van der Waals surface area contributed by atoms with E-state index in [1.807, 2.05) is 0 Å². The molecule has 1 saturated heterocycles. The molecule has 14 heavy (non-hydrogen) atoms. The van der Waals surface area contributed by atoms with E-state index in [-0.39, 0.29) is 17.9 Å². The summed E-state index contributed by atoms with van der Waals surface area (Å²) in [5.74, 6) is -0.856. The second-order valence-electron chi connectivity index (χ2n) is 3.78. The third-order valence-electron chi connectivity index (χ3n) is 2.14. The Morgan fingerprint density at radius 1 is 1.50 bits per heavy atom. The van der Waals surface area contributed by atoms with E-state index in [1.165, 1.54) is 0 Å². The number of esters is 1. The molecule has 4 heteroatoms. The van der Waals surface area contributed by atoms with E-state index in [2.05, 4.69) is 0 Å². The number of Topliss-reactive ketones (excluding diaryl/α,β-unsaturated/α-hetero) is 1. The zero-order chi connectivity index (χ0) is 10.7. The average molecular weight is 200 g/mol. The van der Waals surface area contributed by atoms with E-state index in [1.54, 1.807) is 20.8 Å². The highest BCUT2D eigenvalue weighted by molar-refractivity contribution is 5.89. The van der Waals surface area contributed by atoms with Crippen LogP contribution in [0.15, 0.2) is 0 Å². The van der Waals surface area contributed by atoms with Crippen LogP contribution in [0.25, 0.3) is 0 Å². The third kappa shape index (κ3) is 2.54. The summed E-state index contributed by atoms with van der Waals surface area (Å²) in [7, 11) is 0. The minimum Gasteiger partial charge on any atom is -0.463 e. The molecule has 0 N–H and O–H groups in total. The van der Waals surface area contributed by atoms with E-state index >= 15 is 0 Å². The second kappa shape index (κ2) is 4.55. The Labute approximate surface area is 83.6 Å². The molecule has 4 nitrogen and oxygen atoms in total. The summed E-state index contributed by atoms with van der Waals surface area (Å²) in [6.45, 7) is 5.64. The van der Waals surface area contributed by atoms with Crippen molar-refractivity contribution in [3.05, 3.63) is 0 Å². The molecule has 1 aliphatic heterocycles. The molecule has 0 aromatic heterocycles. The quantitative estimate of drug-likeness (QED) is 0.636. The number of rotatable bonds is 3. The third-order valence-corrected chi connectivity index (χ3v) is 2.14. The van der Waals surface area contributed by atoms with E-state index in [4.69, 9.17) is 9.47 Å². The predicted molar refractivity (Wildman–Crippen MR) is 49.8 cm³/mol. The van der Waals surface area contributed by atoms with E-state index in [0.717, 1.165) is 0 Å². The maximum absolute atomic E-state index is 11.4. The molecule has 1 rings (SSSR count). The molecule has 0 bridgehead atoms. The molecule has 0 radical (unpaired) electrons. The van der Waals surface area contributed by atoms with Crippen LogP contribution < -0.4 is 0 Å². The van der Waals surface area contributed by atoms with Crippen LogP contribution in [0, 0.1) is 5.92 Å². The molecule has 0 saturated carbocycles. The van der Waals surface area contributed by atoms with Crippen molar-refractivity contribution in [1.82, 2.24) is 0 Å². The standard InChI is InChI=1S/C10H16O4/c1-6(2)14-10(12)7(3)9-8(11)4-5-13-9/h6-7,9H,4-5H2,1-3H3/t7-,9-/m1/s1. The van der Waals surface area contributed by atoms with Crippen LogP contribution in [0.2, 0.25) is 0 Å². The van der Waals surface area contributed by atoms with Gasteiger partial charge >= 0.3 is 5.97 Å². The Hall–Kier alpha value is -0.900. The van der Waals surface area contributed by atoms with Gasteiger partial charge in [0.25, 0.3) is 0 Å². The summed E-state index contributed by atoms with van der Waals surface area (Å²) < 4.78 is 10.2. The molecule has 0 aromatic carbocycles. The van der Waals surface area contributed by atoms with Gasteiger partial charge in [-0.1, -0.05) is 0 Å². The van der Waals surface area contributed by atoms with Gasteiger partial charge in [-0.3, -0.25) is 9.59 Å². The smallest absolute Gasteiger partial charge is 0.312 e. The largest absolute Gasteiger partial charge is 0.463 e. The van der Waals surface area contributed by atoms with Crippen molar-refractivity contribution < 1.29 is 19.1 Å². The van der Waals surface area contributed by atoms with Crippen molar-refractivity contribution in [2.75, 3.05) is 6.61 Å². The zero-order valence-electron chi connectivity index (χ0n) is 8.78. The average Bonchev–Trinajstić information content (AvgIpc) is 2.48. The van der Waals surface area contributed by atoms with E-state index < -0.39 is 12.0 Å². The van der Waals surface area contributed by atoms with Crippen LogP contribution in [0.1, 0.15) is 27.2 Å². The van der Waals surface area contributed by atoms with E-state index in [0.29, 0.717) is 13.0 Å². The van der Waals surface area contributed by atoms with Gasteiger partial charge < -0.3 is 9.47 Å². The topological polar surface area (TPSA) is 52.6 Å².